The molecule has 13 heteroatoms. The third-order valence-corrected chi connectivity index (χ3v) is 7.57. The maximum absolute atomic E-state index is 13.4. The van der Waals surface area contributed by atoms with Crippen LogP contribution in [0, 0.1) is 0 Å². The molecular formula is C30H34N6O7. The zero-order chi connectivity index (χ0) is 30.7. The second-order valence-corrected chi connectivity index (χ2v) is 10.8. The highest BCUT2D eigenvalue weighted by atomic mass is 16.5. The number of rotatable bonds is 4. The van der Waals surface area contributed by atoms with Gasteiger partial charge in [0, 0.05) is 12.1 Å². The maximum Gasteiger partial charge on any atom is 0.255 e. The Hall–Kier alpha value is -4.91. The SMILES string of the molecule is C[C@@H]1NC(=O)[C@H]([C@@H](C)O)NC(=O)c2cc(ccc2O)Oc2ccc(cc2)C[C@@H](C(=O)NCc2n[nH]c3c2CCC3)NC1=O. The molecule has 0 saturated carbocycles. The van der Waals surface area contributed by atoms with Crippen LogP contribution >= 0.6 is 0 Å². The van der Waals surface area contributed by atoms with E-state index in [9.17, 15) is 29.4 Å². The molecule has 0 unspecified atom stereocenters. The first-order chi connectivity index (χ1) is 20.6. The van der Waals surface area contributed by atoms with E-state index in [0.717, 1.165) is 41.8 Å². The Morgan fingerprint density at radius 2 is 1.79 bits per heavy atom. The third-order valence-electron chi connectivity index (χ3n) is 7.57. The summed E-state index contributed by atoms with van der Waals surface area (Å²) in [7, 11) is 0. The molecule has 3 aliphatic rings. The number of phenolic OH excluding ortho intramolecular Hbond substituents is 1. The molecule has 13 nitrogen and oxygen atoms in total. The largest absolute Gasteiger partial charge is 0.507 e. The molecule has 4 amide bonds. The first-order valence-electron chi connectivity index (χ1n) is 14.1. The molecule has 1 aliphatic carbocycles. The number of hydrogen-bond acceptors (Lipinski definition) is 8. The minimum absolute atomic E-state index is 0.146. The Balaban J connectivity index is 1.41. The Morgan fingerprint density at radius 3 is 2.53 bits per heavy atom. The van der Waals surface area contributed by atoms with Gasteiger partial charge in [-0.1, -0.05) is 12.1 Å². The number of aliphatic hydroxyl groups excluding tert-OH is 1. The van der Waals surface area contributed by atoms with Crippen molar-refractivity contribution in [1.82, 2.24) is 31.5 Å². The van der Waals surface area contributed by atoms with Crippen LogP contribution in [-0.4, -0.2) is 68.3 Å². The predicted octanol–water partition coefficient (Wildman–Crippen LogP) is 0.738. The minimum atomic E-state index is -1.45. The number of benzene rings is 2. The number of amides is 4. The molecule has 3 heterocycles. The maximum atomic E-state index is 13.4. The normalized spacial score (nSPS) is 21.4. The topological polar surface area (TPSA) is 195 Å². The molecular weight excluding hydrogens is 556 g/mol. The van der Waals surface area contributed by atoms with Crippen molar-refractivity contribution < 1.29 is 34.1 Å². The van der Waals surface area contributed by atoms with E-state index in [-0.39, 0.29) is 30.0 Å². The molecule has 7 N–H and O–H groups in total. The highest BCUT2D eigenvalue weighted by Crippen LogP contribution is 2.28. The van der Waals surface area contributed by atoms with E-state index in [1.807, 2.05) is 0 Å². The van der Waals surface area contributed by atoms with Gasteiger partial charge in [0.15, 0.2) is 0 Å². The van der Waals surface area contributed by atoms with Crippen molar-refractivity contribution in [1.29, 1.82) is 0 Å². The molecule has 0 saturated heterocycles. The Labute approximate surface area is 247 Å². The minimum Gasteiger partial charge on any atom is -0.507 e. The Bertz CT molecular complexity index is 1530. The molecule has 3 aromatic rings. The molecule has 0 fully saturated rings. The van der Waals surface area contributed by atoms with Crippen molar-refractivity contribution in [2.24, 2.45) is 0 Å². The summed E-state index contributed by atoms with van der Waals surface area (Å²) in [6.45, 7) is 2.93. The van der Waals surface area contributed by atoms with Crippen LogP contribution in [0.4, 0.5) is 0 Å². The van der Waals surface area contributed by atoms with E-state index in [4.69, 9.17) is 4.74 Å². The lowest BCUT2D eigenvalue weighted by atomic mass is 10.0. The second-order valence-electron chi connectivity index (χ2n) is 10.8. The zero-order valence-corrected chi connectivity index (χ0v) is 23.8. The first kappa shape index (κ1) is 29.6. The van der Waals surface area contributed by atoms with E-state index in [1.165, 1.54) is 32.0 Å². The van der Waals surface area contributed by atoms with E-state index in [0.29, 0.717) is 5.75 Å². The fourth-order valence-corrected chi connectivity index (χ4v) is 5.15. The standard InChI is InChI=1S/C30H34N6O7/c1-15-27(39)33-23(29(41)31-14-24-20-4-3-5-22(20)35-36-24)12-17-6-8-18(9-7-17)43-19-10-11-25(38)21(13-19)28(40)34-26(16(2)37)30(42)32-15/h6-11,13,15-16,23,26,37-38H,3-5,12,14H2,1-2H3,(H,31,41)(H,32,42)(H,33,39)(H,34,40)(H,35,36)/t15-,16+,23-,26-/m0/s1. The third kappa shape index (κ3) is 6.78. The summed E-state index contributed by atoms with van der Waals surface area (Å²) in [6.07, 6.45) is 1.65. The number of H-pyrrole nitrogens is 1. The molecule has 2 aromatic carbocycles. The van der Waals surface area contributed by atoms with Gasteiger partial charge in [-0.3, -0.25) is 24.3 Å². The summed E-state index contributed by atoms with van der Waals surface area (Å²) in [5.41, 5.74) is 3.51. The molecule has 4 bridgehead atoms. The molecule has 6 rings (SSSR count). The van der Waals surface area contributed by atoms with Gasteiger partial charge in [-0.25, -0.2) is 0 Å². The molecule has 43 heavy (non-hydrogen) atoms. The number of aromatic nitrogens is 2. The van der Waals surface area contributed by atoms with E-state index >= 15 is 0 Å². The lowest BCUT2D eigenvalue weighted by Gasteiger charge is -2.25. The van der Waals surface area contributed by atoms with Crippen LogP contribution in [0.5, 0.6) is 17.2 Å². The van der Waals surface area contributed by atoms with Gasteiger partial charge >= 0.3 is 0 Å². The monoisotopic (exact) mass is 590 g/mol. The average molecular weight is 591 g/mol. The lowest BCUT2D eigenvalue weighted by molar-refractivity contribution is -0.133. The van der Waals surface area contributed by atoms with Crippen LogP contribution in [0.2, 0.25) is 0 Å². The number of aryl methyl sites for hydroxylation is 1. The van der Waals surface area contributed by atoms with Crippen LogP contribution in [0.15, 0.2) is 42.5 Å². The van der Waals surface area contributed by atoms with Gasteiger partial charge in [-0.15, -0.1) is 0 Å². The van der Waals surface area contributed by atoms with Gasteiger partial charge in [0.1, 0.15) is 35.4 Å². The van der Waals surface area contributed by atoms with Crippen molar-refractivity contribution in [3.05, 3.63) is 70.5 Å². The zero-order valence-electron chi connectivity index (χ0n) is 23.8. The number of aromatic hydroxyl groups is 1. The van der Waals surface area contributed by atoms with Gasteiger partial charge < -0.3 is 36.2 Å². The Kier molecular flexibility index (Phi) is 8.62. The van der Waals surface area contributed by atoms with Crippen LogP contribution < -0.4 is 26.0 Å². The smallest absolute Gasteiger partial charge is 0.255 e. The number of aromatic amines is 1. The number of phenols is 1. The molecule has 226 valence electrons. The van der Waals surface area contributed by atoms with Gasteiger partial charge in [-0.05, 0) is 74.6 Å². The number of aliphatic hydroxyl groups is 1. The highest BCUT2D eigenvalue weighted by Gasteiger charge is 2.31. The van der Waals surface area contributed by atoms with Crippen LogP contribution in [0.3, 0.4) is 0 Å². The van der Waals surface area contributed by atoms with Gasteiger partial charge in [-0.2, -0.15) is 5.10 Å². The van der Waals surface area contributed by atoms with Crippen molar-refractivity contribution >= 4 is 23.6 Å². The van der Waals surface area contributed by atoms with Crippen molar-refractivity contribution in [3.63, 3.8) is 0 Å². The number of carbonyl (C=O) groups excluding carboxylic acids is 4. The summed E-state index contributed by atoms with van der Waals surface area (Å²) in [5, 5.41) is 38.4. The van der Waals surface area contributed by atoms with Crippen LogP contribution in [0.1, 0.15) is 53.1 Å². The predicted molar refractivity (Wildman–Crippen MR) is 153 cm³/mol. The number of carbonyl (C=O) groups is 4. The number of fused-ring (bicyclic) bond motifs is 12. The molecule has 2 aliphatic heterocycles. The molecule has 0 spiro atoms. The van der Waals surface area contributed by atoms with E-state index in [2.05, 4.69) is 31.5 Å². The molecule has 4 atom stereocenters. The Morgan fingerprint density at radius 1 is 1.05 bits per heavy atom. The molecule has 1 aromatic heterocycles. The summed E-state index contributed by atoms with van der Waals surface area (Å²) in [6, 6.07) is 7.36. The van der Waals surface area contributed by atoms with Gasteiger partial charge in [0.25, 0.3) is 5.91 Å². The average Bonchev–Trinajstić information content (AvgIpc) is 3.60. The van der Waals surface area contributed by atoms with Crippen molar-refractivity contribution in [3.8, 4) is 17.2 Å². The fourth-order valence-electron chi connectivity index (χ4n) is 5.15. The number of nitrogens with one attached hydrogen (secondary N) is 5. The summed E-state index contributed by atoms with van der Waals surface area (Å²) < 4.78 is 5.86. The van der Waals surface area contributed by atoms with Gasteiger partial charge in [0.05, 0.1) is 23.9 Å². The van der Waals surface area contributed by atoms with Crippen LogP contribution in [0.25, 0.3) is 0 Å². The fraction of sp³-hybridized carbons (Fsp3) is 0.367. The quantitative estimate of drug-likeness (QED) is 0.216. The van der Waals surface area contributed by atoms with Gasteiger partial charge in [0.2, 0.25) is 17.7 Å². The number of hydrogen-bond donors (Lipinski definition) is 7. The van der Waals surface area contributed by atoms with Crippen LogP contribution in [-0.2, 0) is 40.2 Å². The second kappa shape index (κ2) is 12.5. The lowest BCUT2D eigenvalue weighted by Crippen LogP contribution is -2.58. The van der Waals surface area contributed by atoms with Crippen molar-refractivity contribution in [2.45, 2.75) is 70.3 Å². The summed E-state index contributed by atoms with van der Waals surface area (Å²) >= 11 is 0. The van der Waals surface area contributed by atoms with E-state index < -0.39 is 47.9 Å². The first-order valence-corrected chi connectivity index (χ1v) is 14.1. The number of nitrogens with zero attached hydrogens (tertiary/aromatic N) is 1. The molecule has 0 radical (unpaired) electrons. The highest BCUT2D eigenvalue weighted by molar-refractivity contribution is 6.00. The summed E-state index contributed by atoms with van der Waals surface area (Å²) in [5.74, 6) is -2.42. The number of ether oxygens (including phenoxy) is 1. The summed E-state index contributed by atoms with van der Waals surface area (Å²) in [4.78, 5) is 52.6. The van der Waals surface area contributed by atoms with E-state index in [1.54, 1.807) is 24.3 Å². The van der Waals surface area contributed by atoms with Crippen molar-refractivity contribution in [2.75, 3.05) is 0 Å².